The van der Waals surface area contributed by atoms with Gasteiger partial charge in [0.05, 0.1) is 31.9 Å². The molecule has 2 amide bonds. The van der Waals surface area contributed by atoms with Gasteiger partial charge in [0.25, 0.3) is 5.91 Å². The maximum atomic E-state index is 15.2. The van der Waals surface area contributed by atoms with E-state index in [0.29, 0.717) is 52.7 Å². The molecule has 282 valence electrons. The lowest BCUT2D eigenvalue weighted by atomic mass is 9.45. The zero-order valence-corrected chi connectivity index (χ0v) is 31.8. The number of para-hydroxylation sites is 1. The van der Waals surface area contributed by atoms with Crippen LogP contribution in [0.3, 0.4) is 0 Å². The van der Waals surface area contributed by atoms with Crippen LogP contribution in [0.2, 0.25) is 0 Å². The van der Waals surface area contributed by atoms with Gasteiger partial charge in [0, 0.05) is 35.7 Å². The molecule has 0 unspecified atom stereocenters. The van der Waals surface area contributed by atoms with Gasteiger partial charge in [-0.05, 0) is 87.1 Å². The first-order valence-corrected chi connectivity index (χ1v) is 18.5. The topological polar surface area (TPSA) is 124 Å². The first-order valence-electron chi connectivity index (χ1n) is 18.5. The third-order valence-corrected chi connectivity index (χ3v) is 11.9. The Balaban J connectivity index is 1.41. The number of halogens is 1. The van der Waals surface area contributed by atoms with Crippen molar-refractivity contribution in [3.63, 3.8) is 0 Å². The number of ether oxygens (including phenoxy) is 1. The average Bonchev–Trinajstić information content (AvgIpc) is 3.43. The summed E-state index contributed by atoms with van der Waals surface area (Å²) in [6.07, 6.45) is 1.15. The Morgan fingerprint density at radius 3 is 2.47 bits per heavy atom. The number of nitrogens with zero attached hydrogens (tertiary/aromatic N) is 2. The molecule has 0 spiro atoms. The summed E-state index contributed by atoms with van der Waals surface area (Å²) < 4.78 is 21.1. The summed E-state index contributed by atoms with van der Waals surface area (Å²) in [6, 6.07) is 8.99. The Morgan fingerprint density at radius 2 is 1.88 bits per heavy atom. The van der Waals surface area contributed by atoms with Gasteiger partial charge in [0.2, 0.25) is 5.91 Å². The summed E-state index contributed by atoms with van der Waals surface area (Å²) >= 11 is 0. The molecule has 4 aliphatic rings. The van der Waals surface area contributed by atoms with E-state index in [1.165, 1.54) is 12.5 Å². The van der Waals surface area contributed by atoms with Gasteiger partial charge >= 0.3 is 0 Å². The third-order valence-electron chi connectivity index (χ3n) is 11.9. The number of methoxy groups -OCH3 is 1. The van der Waals surface area contributed by atoms with Crippen LogP contribution < -0.4 is 15.4 Å². The fraction of sp³-hybridized carbons (Fsp3) is 0.650. The number of carbonyl (C=O) groups excluding carboxylic acids is 2. The highest BCUT2D eigenvalue weighted by Gasteiger charge is 2.57. The van der Waals surface area contributed by atoms with E-state index in [0.717, 1.165) is 12.8 Å². The van der Waals surface area contributed by atoms with Crippen molar-refractivity contribution in [3.05, 3.63) is 53.3 Å². The van der Waals surface area contributed by atoms with Gasteiger partial charge in [-0.2, -0.15) is 5.06 Å². The van der Waals surface area contributed by atoms with Crippen molar-refractivity contribution in [2.75, 3.05) is 34.4 Å². The molecule has 1 heterocycles. The van der Waals surface area contributed by atoms with E-state index < -0.39 is 35.9 Å². The van der Waals surface area contributed by atoms with Crippen molar-refractivity contribution in [1.29, 1.82) is 0 Å². The van der Waals surface area contributed by atoms with Gasteiger partial charge in [-0.1, -0.05) is 58.9 Å². The molecule has 0 aromatic heterocycles. The van der Waals surface area contributed by atoms with Crippen molar-refractivity contribution in [1.82, 2.24) is 20.6 Å². The number of hydroxylamine groups is 2. The molecule has 6 rings (SSSR count). The lowest BCUT2D eigenvalue weighted by Gasteiger charge is -2.62. The SMILES string of the molecule is COc1c(CN2O[C@@H](CO)[C@@H]([C@H](C)O)[C@H]2C(=O)N[C@H]2C[C@H]3C[C@@H]([C@@H]2C)C3(C)C)cccc1-c1ccc(F)c(C(=O)N[C@@H](CC(C)C)CN(C)C)c1. The molecule has 4 fully saturated rings. The summed E-state index contributed by atoms with van der Waals surface area (Å²) in [5, 5.41) is 29.0. The van der Waals surface area contributed by atoms with Gasteiger partial charge in [-0.25, -0.2) is 4.39 Å². The highest BCUT2D eigenvalue weighted by Crippen LogP contribution is 2.61. The number of benzene rings is 2. The molecule has 3 saturated carbocycles. The Bertz CT molecular complexity index is 1540. The van der Waals surface area contributed by atoms with Gasteiger partial charge in [0.15, 0.2) is 0 Å². The van der Waals surface area contributed by atoms with Crippen LogP contribution >= 0.6 is 0 Å². The predicted octanol–water partition coefficient (Wildman–Crippen LogP) is 4.87. The molecular formula is C40H59FN4O6. The van der Waals surface area contributed by atoms with Crippen LogP contribution in [-0.2, 0) is 16.2 Å². The van der Waals surface area contributed by atoms with E-state index in [-0.39, 0.29) is 42.1 Å². The number of fused-ring (bicyclic) bond motifs is 2. The Morgan fingerprint density at radius 1 is 1.16 bits per heavy atom. The van der Waals surface area contributed by atoms with Crippen molar-refractivity contribution in [2.24, 2.45) is 35.0 Å². The molecule has 1 saturated heterocycles. The number of nitrogens with one attached hydrogen (secondary N) is 2. The summed E-state index contributed by atoms with van der Waals surface area (Å²) in [5.41, 5.74) is 2.12. The summed E-state index contributed by atoms with van der Waals surface area (Å²) in [4.78, 5) is 35.8. The van der Waals surface area contributed by atoms with Crippen molar-refractivity contribution in [3.8, 4) is 16.9 Å². The zero-order chi connectivity index (χ0) is 37.4. The molecule has 2 bridgehead atoms. The maximum absolute atomic E-state index is 15.2. The molecular weight excluding hydrogens is 651 g/mol. The van der Waals surface area contributed by atoms with E-state index in [4.69, 9.17) is 9.57 Å². The average molecular weight is 711 g/mol. The lowest BCUT2D eigenvalue weighted by Crippen LogP contribution is -2.62. The highest BCUT2D eigenvalue weighted by molar-refractivity contribution is 5.96. The summed E-state index contributed by atoms with van der Waals surface area (Å²) in [6.45, 7) is 13.0. The van der Waals surface area contributed by atoms with Gasteiger partial charge in [-0.3, -0.25) is 14.4 Å². The van der Waals surface area contributed by atoms with Crippen LogP contribution in [0, 0.1) is 40.8 Å². The minimum absolute atomic E-state index is 0.0187. The normalized spacial score (nSPS) is 28.3. The second kappa shape index (κ2) is 15.9. The van der Waals surface area contributed by atoms with Gasteiger partial charge in [-0.15, -0.1) is 0 Å². The molecule has 0 radical (unpaired) electrons. The van der Waals surface area contributed by atoms with Crippen LogP contribution in [-0.4, -0.2) is 96.7 Å². The standard InChI is InChI=1S/C40H59FN4O6/c1-22(2)15-28(20-44(7)8)42-38(48)30-16-25(13-14-32(30)41)29-12-10-11-26(37(29)50-9)19-45-36(35(24(4)47)34(21-46)51-45)39(49)43-33-18-27-17-31(23(33)3)40(27,5)6/h10-14,16,22-24,27-28,31,33-36,46-47H,15,17-21H2,1-9H3,(H,42,48)(H,43,49)/t23-,24-,27+,28-,31-,33-,34-,35+,36-/m0/s1. The van der Waals surface area contributed by atoms with E-state index >= 15 is 4.39 Å². The maximum Gasteiger partial charge on any atom is 0.254 e. The minimum atomic E-state index is -0.922. The van der Waals surface area contributed by atoms with Crippen LogP contribution in [0.15, 0.2) is 36.4 Å². The molecule has 2 aromatic carbocycles. The zero-order valence-electron chi connectivity index (χ0n) is 31.8. The number of hydrogen-bond donors (Lipinski definition) is 4. The molecule has 10 nitrogen and oxygen atoms in total. The second-order valence-electron chi connectivity index (χ2n) is 16.5. The second-order valence-corrected chi connectivity index (χ2v) is 16.5. The molecule has 9 atom stereocenters. The lowest BCUT2D eigenvalue weighted by molar-refractivity contribution is -0.183. The van der Waals surface area contributed by atoms with E-state index in [1.54, 1.807) is 31.2 Å². The molecule has 11 heteroatoms. The quantitative estimate of drug-likeness (QED) is 0.219. The number of carbonyl (C=O) groups is 2. The first kappa shape index (κ1) is 39.1. The number of aliphatic hydroxyl groups is 2. The summed E-state index contributed by atoms with van der Waals surface area (Å²) in [7, 11) is 5.42. The molecule has 1 aliphatic heterocycles. The first-order chi connectivity index (χ1) is 24.1. The number of rotatable bonds is 14. The Kier molecular flexibility index (Phi) is 12.2. The van der Waals surface area contributed by atoms with Crippen molar-refractivity contribution in [2.45, 2.75) is 97.7 Å². The number of amides is 2. The molecule has 3 aliphatic carbocycles. The van der Waals surface area contributed by atoms with E-state index in [9.17, 15) is 19.8 Å². The molecule has 2 aromatic rings. The largest absolute Gasteiger partial charge is 0.496 e. The number of hydrogen-bond acceptors (Lipinski definition) is 8. The number of aliphatic hydroxyl groups excluding tert-OH is 2. The highest BCUT2D eigenvalue weighted by atomic mass is 19.1. The van der Waals surface area contributed by atoms with E-state index in [1.807, 2.05) is 37.2 Å². The summed E-state index contributed by atoms with van der Waals surface area (Å²) in [5.74, 6) is 0.240. The van der Waals surface area contributed by atoms with Gasteiger partial charge < -0.3 is 30.5 Å². The Labute approximate surface area is 303 Å². The predicted molar refractivity (Wildman–Crippen MR) is 195 cm³/mol. The third kappa shape index (κ3) is 8.13. The van der Waals surface area contributed by atoms with Crippen LogP contribution in [0.25, 0.3) is 11.1 Å². The van der Waals surface area contributed by atoms with Gasteiger partial charge in [0.1, 0.15) is 23.7 Å². The fourth-order valence-corrected chi connectivity index (χ4v) is 9.15. The molecule has 4 N–H and O–H groups in total. The van der Waals surface area contributed by atoms with Crippen LogP contribution in [0.4, 0.5) is 4.39 Å². The Hall–Kier alpha value is -3.09. The minimum Gasteiger partial charge on any atom is -0.496 e. The van der Waals surface area contributed by atoms with Crippen LogP contribution in [0.1, 0.15) is 76.7 Å². The molecule has 51 heavy (non-hydrogen) atoms. The smallest absolute Gasteiger partial charge is 0.254 e. The number of likely N-dealkylation sites (N-methyl/N-ethyl adjacent to an activating group) is 1. The fourth-order valence-electron chi connectivity index (χ4n) is 9.15. The van der Waals surface area contributed by atoms with E-state index in [2.05, 4.69) is 45.3 Å². The van der Waals surface area contributed by atoms with Crippen molar-refractivity contribution >= 4 is 11.8 Å². The monoisotopic (exact) mass is 710 g/mol. The van der Waals surface area contributed by atoms with Crippen LogP contribution in [0.5, 0.6) is 5.75 Å². The van der Waals surface area contributed by atoms with Crippen molar-refractivity contribution < 1.29 is 33.8 Å².